The van der Waals surface area contributed by atoms with Crippen LogP contribution in [0.25, 0.3) is 0 Å². The molecule has 136 valence electrons. The Morgan fingerprint density at radius 3 is 2.56 bits per heavy atom. The van der Waals surface area contributed by atoms with E-state index < -0.39 is 5.79 Å². The molecule has 2 heterocycles. The first-order valence-corrected chi connectivity index (χ1v) is 9.56. The fraction of sp³-hybridized carbons (Fsp3) is 0.650. The van der Waals surface area contributed by atoms with Gasteiger partial charge in [0, 0.05) is 37.7 Å². The van der Waals surface area contributed by atoms with Crippen LogP contribution >= 0.6 is 0 Å². The van der Waals surface area contributed by atoms with Gasteiger partial charge < -0.3 is 14.8 Å². The number of carbonyl (C=O) groups excluding carboxylic acids is 1. The molecule has 5 nitrogen and oxygen atoms in total. The number of carbonyl (C=O) groups is 1. The lowest BCUT2D eigenvalue weighted by atomic mass is 9.92. The summed E-state index contributed by atoms with van der Waals surface area (Å²) in [4.78, 5) is 14.7. The van der Waals surface area contributed by atoms with Crippen molar-refractivity contribution in [1.82, 2.24) is 4.90 Å². The Hall–Kier alpha value is -1.75. The van der Waals surface area contributed by atoms with Crippen molar-refractivity contribution in [1.29, 1.82) is 0 Å². The minimum Gasteiger partial charge on any atom is -0.448 e. The average molecular weight is 344 g/mol. The predicted molar refractivity (Wildman–Crippen MR) is 96.9 cm³/mol. The second-order valence-corrected chi connectivity index (χ2v) is 8.17. The van der Waals surface area contributed by atoms with Crippen LogP contribution in [0.5, 0.6) is 11.5 Å². The number of piperidine rings is 1. The van der Waals surface area contributed by atoms with Crippen LogP contribution in [0.4, 0.5) is 5.69 Å². The molecule has 1 amide bonds. The van der Waals surface area contributed by atoms with Crippen LogP contribution in [0.1, 0.15) is 46.0 Å². The monoisotopic (exact) mass is 344 g/mol. The average Bonchev–Trinajstić information content (AvgIpc) is 3.12. The molecule has 2 atom stereocenters. The summed E-state index contributed by atoms with van der Waals surface area (Å²) in [6.07, 6.45) is 5.42. The SMILES string of the molecule is C[C@@H]1C[C@H](C)CN(CC(=O)Nc2ccc3c(c2)OC2(CCCC2)O3)C1. The fourth-order valence-corrected chi connectivity index (χ4v) is 4.61. The van der Waals surface area contributed by atoms with Crippen molar-refractivity contribution >= 4 is 11.6 Å². The number of amides is 1. The summed E-state index contributed by atoms with van der Waals surface area (Å²) in [5.74, 6) is 2.44. The van der Waals surface area contributed by atoms with Crippen molar-refractivity contribution in [2.75, 3.05) is 25.0 Å². The Bertz CT molecular complexity index is 644. The quantitative estimate of drug-likeness (QED) is 0.909. The molecule has 0 radical (unpaired) electrons. The number of benzene rings is 1. The van der Waals surface area contributed by atoms with Crippen molar-refractivity contribution < 1.29 is 14.3 Å². The van der Waals surface area contributed by atoms with Gasteiger partial charge >= 0.3 is 0 Å². The van der Waals surface area contributed by atoms with E-state index in [1.165, 1.54) is 6.42 Å². The lowest BCUT2D eigenvalue weighted by Gasteiger charge is -2.34. The number of likely N-dealkylation sites (tertiary alicyclic amines) is 1. The Kier molecular flexibility index (Phi) is 4.36. The number of fused-ring (bicyclic) bond motifs is 1. The van der Waals surface area contributed by atoms with Gasteiger partial charge in [0.05, 0.1) is 6.54 Å². The van der Waals surface area contributed by atoms with Crippen LogP contribution in [0.3, 0.4) is 0 Å². The number of rotatable bonds is 3. The Morgan fingerprint density at radius 2 is 1.84 bits per heavy atom. The van der Waals surface area contributed by atoms with Gasteiger partial charge in [-0.1, -0.05) is 13.8 Å². The molecule has 1 spiro atoms. The Labute approximate surface area is 149 Å². The molecule has 1 N–H and O–H groups in total. The highest BCUT2D eigenvalue weighted by molar-refractivity contribution is 5.92. The first-order chi connectivity index (χ1) is 12.0. The molecule has 1 saturated carbocycles. The van der Waals surface area contributed by atoms with E-state index in [4.69, 9.17) is 9.47 Å². The number of nitrogens with zero attached hydrogens (tertiary/aromatic N) is 1. The van der Waals surface area contributed by atoms with Gasteiger partial charge in [-0.3, -0.25) is 9.69 Å². The fourth-order valence-electron chi connectivity index (χ4n) is 4.61. The van der Waals surface area contributed by atoms with E-state index >= 15 is 0 Å². The molecular formula is C20H28N2O3. The molecule has 2 aliphatic heterocycles. The van der Waals surface area contributed by atoms with Crippen LogP contribution in [0.2, 0.25) is 0 Å². The van der Waals surface area contributed by atoms with Crippen LogP contribution < -0.4 is 14.8 Å². The Morgan fingerprint density at radius 1 is 1.16 bits per heavy atom. The van der Waals surface area contributed by atoms with E-state index in [1.54, 1.807) is 0 Å². The standard InChI is InChI=1S/C20H28N2O3/c1-14-9-15(2)12-22(11-14)13-19(23)21-16-5-6-17-18(10-16)25-20(24-17)7-3-4-8-20/h5-6,10,14-15H,3-4,7-9,11-13H2,1-2H3,(H,21,23)/t14-,15+. The molecule has 1 saturated heterocycles. The smallest absolute Gasteiger partial charge is 0.251 e. The third-order valence-electron chi connectivity index (χ3n) is 5.50. The number of hydrogen-bond acceptors (Lipinski definition) is 4. The van der Waals surface area contributed by atoms with Crippen LogP contribution in [0, 0.1) is 11.8 Å². The topological polar surface area (TPSA) is 50.8 Å². The number of ether oxygens (including phenoxy) is 2. The normalized spacial score (nSPS) is 27.6. The second-order valence-electron chi connectivity index (χ2n) is 8.17. The van der Waals surface area contributed by atoms with Gasteiger partial charge in [0.15, 0.2) is 11.5 Å². The van der Waals surface area contributed by atoms with Gasteiger partial charge in [-0.15, -0.1) is 0 Å². The van der Waals surface area contributed by atoms with Crippen LogP contribution in [-0.2, 0) is 4.79 Å². The molecule has 4 rings (SSSR count). The highest BCUT2D eigenvalue weighted by Crippen LogP contribution is 2.47. The lowest BCUT2D eigenvalue weighted by molar-refractivity contribution is -0.117. The van der Waals surface area contributed by atoms with E-state index in [0.717, 1.165) is 56.0 Å². The summed E-state index contributed by atoms with van der Waals surface area (Å²) in [6.45, 7) is 6.98. The van der Waals surface area contributed by atoms with Gasteiger partial charge in [-0.25, -0.2) is 0 Å². The lowest BCUT2D eigenvalue weighted by Crippen LogP contribution is -2.42. The molecule has 0 unspecified atom stereocenters. The summed E-state index contributed by atoms with van der Waals surface area (Å²) in [5, 5.41) is 3.01. The zero-order valence-corrected chi connectivity index (χ0v) is 15.2. The molecule has 5 heteroatoms. The highest BCUT2D eigenvalue weighted by Gasteiger charge is 2.44. The van der Waals surface area contributed by atoms with Crippen LogP contribution in [0.15, 0.2) is 18.2 Å². The molecule has 0 bridgehead atoms. The minimum atomic E-state index is -0.453. The maximum absolute atomic E-state index is 12.4. The molecule has 0 aromatic heterocycles. The molecule has 25 heavy (non-hydrogen) atoms. The van der Waals surface area contributed by atoms with Gasteiger partial charge in [0.25, 0.3) is 5.79 Å². The largest absolute Gasteiger partial charge is 0.448 e. The first-order valence-electron chi connectivity index (χ1n) is 9.56. The zero-order chi connectivity index (χ0) is 17.4. The van der Waals surface area contributed by atoms with E-state index in [-0.39, 0.29) is 5.91 Å². The summed E-state index contributed by atoms with van der Waals surface area (Å²) < 4.78 is 12.1. The van der Waals surface area contributed by atoms with Gasteiger partial charge in [-0.05, 0) is 43.2 Å². The number of anilines is 1. The third kappa shape index (κ3) is 3.61. The van der Waals surface area contributed by atoms with Crippen molar-refractivity contribution in [2.45, 2.75) is 51.7 Å². The maximum Gasteiger partial charge on any atom is 0.251 e. The molecule has 1 aromatic rings. The number of nitrogens with one attached hydrogen (secondary N) is 1. The van der Waals surface area contributed by atoms with E-state index in [0.29, 0.717) is 18.4 Å². The maximum atomic E-state index is 12.4. The molecule has 1 aromatic carbocycles. The van der Waals surface area contributed by atoms with Gasteiger partial charge in [-0.2, -0.15) is 0 Å². The zero-order valence-electron chi connectivity index (χ0n) is 15.2. The summed E-state index contributed by atoms with van der Waals surface area (Å²) in [5.41, 5.74) is 0.778. The third-order valence-corrected chi connectivity index (χ3v) is 5.50. The second kappa shape index (κ2) is 6.52. The molecule has 1 aliphatic carbocycles. The van der Waals surface area contributed by atoms with E-state index in [1.807, 2.05) is 18.2 Å². The molecule has 3 aliphatic rings. The first kappa shape index (κ1) is 16.7. The minimum absolute atomic E-state index is 0.0377. The van der Waals surface area contributed by atoms with Crippen molar-refractivity contribution in [3.8, 4) is 11.5 Å². The van der Waals surface area contributed by atoms with Gasteiger partial charge in [0.1, 0.15) is 0 Å². The van der Waals surface area contributed by atoms with Crippen molar-refractivity contribution in [3.05, 3.63) is 18.2 Å². The summed E-state index contributed by atoms with van der Waals surface area (Å²) >= 11 is 0. The summed E-state index contributed by atoms with van der Waals surface area (Å²) in [7, 11) is 0. The molecule has 2 fully saturated rings. The summed E-state index contributed by atoms with van der Waals surface area (Å²) in [6, 6.07) is 5.69. The van der Waals surface area contributed by atoms with E-state index in [9.17, 15) is 4.79 Å². The van der Waals surface area contributed by atoms with Crippen LogP contribution in [-0.4, -0.2) is 36.2 Å². The predicted octanol–water partition coefficient (Wildman–Crippen LogP) is 3.64. The Balaban J connectivity index is 1.36. The highest BCUT2D eigenvalue weighted by atomic mass is 16.7. The van der Waals surface area contributed by atoms with E-state index in [2.05, 4.69) is 24.1 Å². The van der Waals surface area contributed by atoms with Gasteiger partial charge in [0.2, 0.25) is 5.91 Å². The molecular weight excluding hydrogens is 316 g/mol. The van der Waals surface area contributed by atoms with Crippen molar-refractivity contribution in [2.24, 2.45) is 11.8 Å². The van der Waals surface area contributed by atoms with Crippen molar-refractivity contribution in [3.63, 3.8) is 0 Å². The number of hydrogen-bond donors (Lipinski definition) is 1.